The highest BCUT2D eigenvalue weighted by atomic mass is 15.1. The molecule has 94 valence electrons. The molecule has 0 aromatic heterocycles. The quantitative estimate of drug-likeness (QED) is 0.606. The minimum absolute atomic E-state index is 0.0672. The van der Waals surface area contributed by atoms with Crippen LogP contribution in [-0.2, 0) is 0 Å². The van der Waals surface area contributed by atoms with Gasteiger partial charge in [-0.05, 0) is 36.8 Å². The number of hydrogen-bond acceptors (Lipinski definition) is 3. The Morgan fingerprint density at radius 1 is 1.21 bits per heavy atom. The lowest BCUT2D eigenvalue weighted by Gasteiger charge is -2.22. The number of anilines is 1. The predicted octanol–water partition coefficient (Wildman–Crippen LogP) is 3.47. The minimum atomic E-state index is 0.0672. The van der Waals surface area contributed by atoms with Gasteiger partial charge in [0.1, 0.15) is 17.7 Å². The summed E-state index contributed by atoms with van der Waals surface area (Å²) in [7, 11) is 1.92. The van der Waals surface area contributed by atoms with Gasteiger partial charge < -0.3 is 4.90 Å². The molecular formula is C16H15N3. The highest BCUT2D eigenvalue weighted by Gasteiger charge is 2.05. The zero-order valence-corrected chi connectivity index (χ0v) is 11.1. The molecule has 0 amide bonds. The average molecular weight is 249 g/mol. The summed E-state index contributed by atoms with van der Waals surface area (Å²) in [5.41, 5.74) is 3.08. The topological polar surface area (TPSA) is 50.8 Å². The van der Waals surface area contributed by atoms with Crippen LogP contribution >= 0.6 is 0 Å². The summed E-state index contributed by atoms with van der Waals surface area (Å²) in [5.74, 6) is 0. The van der Waals surface area contributed by atoms with Gasteiger partial charge in [-0.2, -0.15) is 10.5 Å². The van der Waals surface area contributed by atoms with Crippen LogP contribution in [0, 0.1) is 29.6 Å². The van der Waals surface area contributed by atoms with E-state index in [4.69, 9.17) is 10.5 Å². The van der Waals surface area contributed by atoms with E-state index >= 15 is 0 Å². The molecule has 0 fully saturated rings. The summed E-state index contributed by atoms with van der Waals surface area (Å²) in [6, 6.07) is 11.6. The predicted molar refractivity (Wildman–Crippen MR) is 77.2 cm³/mol. The third kappa shape index (κ3) is 3.59. The van der Waals surface area contributed by atoms with E-state index in [0.29, 0.717) is 0 Å². The molecule has 19 heavy (non-hydrogen) atoms. The molecule has 1 aromatic carbocycles. The molecular weight excluding hydrogens is 234 g/mol. The van der Waals surface area contributed by atoms with Crippen LogP contribution in [0.2, 0.25) is 0 Å². The Hall–Kier alpha value is -2.78. The van der Waals surface area contributed by atoms with E-state index in [1.807, 2.05) is 55.3 Å². The molecule has 0 aliphatic carbocycles. The van der Waals surface area contributed by atoms with Gasteiger partial charge in [0.25, 0.3) is 0 Å². The maximum absolute atomic E-state index is 8.70. The number of nitriles is 2. The van der Waals surface area contributed by atoms with Crippen LogP contribution in [0.15, 0.2) is 60.3 Å². The smallest absolute Gasteiger partial charge is 0.129 e. The first kappa shape index (κ1) is 14.3. The molecule has 0 radical (unpaired) electrons. The maximum atomic E-state index is 8.70. The van der Waals surface area contributed by atoms with Crippen LogP contribution in [0.5, 0.6) is 0 Å². The molecule has 0 unspecified atom stereocenters. The lowest BCUT2D eigenvalue weighted by molar-refractivity contribution is 1.12. The van der Waals surface area contributed by atoms with Gasteiger partial charge in [0.2, 0.25) is 0 Å². The van der Waals surface area contributed by atoms with Crippen LogP contribution in [0.1, 0.15) is 5.56 Å². The Labute approximate surface area is 114 Å². The van der Waals surface area contributed by atoms with E-state index < -0.39 is 0 Å². The van der Waals surface area contributed by atoms with Gasteiger partial charge in [-0.15, -0.1) is 0 Å². The van der Waals surface area contributed by atoms with Crippen molar-refractivity contribution in [1.82, 2.24) is 0 Å². The summed E-state index contributed by atoms with van der Waals surface area (Å²) in [4.78, 5) is 1.96. The van der Waals surface area contributed by atoms with Crippen LogP contribution in [0.4, 0.5) is 5.69 Å². The third-order valence-electron chi connectivity index (χ3n) is 2.73. The second-order valence-electron chi connectivity index (χ2n) is 3.95. The molecule has 0 heterocycles. The summed E-state index contributed by atoms with van der Waals surface area (Å²) >= 11 is 0. The number of benzene rings is 1. The number of likely N-dealkylation sites (N-methyl/N-ethyl adjacent to an activating group) is 1. The van der Waals surface area contributed by atoms with Crippen LogP contribution in [0.3, 0.4) is 0 Å². The normalized spacial score (nSPS) is 10.0. The monoisotopic (exact) mass is 249 g/mol. The number of allylic oxidation sites excluding steroid dienone is 4. The van der Waals surface area contributed by atoms with Crippen molar-refractivity contribution in [2.24, 2.45) is 0 Å². The zero-order chi connectivity index (χ0) is 14.3. The lowest BCUT2D eigenvalue weighted by atomic mass is 10.1. The van der Waals surface area contributed by atoms with Gasteiger partial charge in [0.05, 0.1) is 0 Å². The molecule has 0 saturated heterocycles. The summed E-state index contributed by atoms with van der Waals surface area (Å²) in [5, 5.41) is 17.4. The first-order chi connectivity index (χ1) is 9.13. The van der Waals surface area contributed by atoms with Crippen molar-refractivity contribution >= 4 is 5.69 Å². The second kappa shape index (κ2) is 6.83. The molecule has 1 aromatic rings. The Balaban J connectivity index is 3.13. The Bertz CT molecular complexity index is 594. The van der Waals surface area contributed by atoms with Gasteiger partial charge in [0.15, 0.2) is 0 Å². The second-order valence-corrected chi connectivity index (χ2v) is 3.95. The standard InChI is InChI=1S/C16H15N3/c1-4-15(10-9-14(11-17)12-18)19(3)16-8-6-5-7-13(16)2/h4-10H,1H2,2-3H3. The third-order valence-corrected chi connectivity index (χ3v) is 2.73. The average Bonchev–Trinajstić information content (AvgIpc) is 2.44. The number of aryl methyl sites for hydroxylation is 1. The van der Waals surface area contributed by atoms with Gasteiger partial charge >= 0.3 is 0 Å². The Morgan fingerprint density at radius 2 is 1.84 bits per heavy atom. The van der Waals surface area contributed by atoms with Gasteiger partial charge in [-0.1, -0.05) is 24.8 Å². The van der Waals surface area contributed by atoms with E-state index in [1.54, 1.807) is 12.2 Å². The molecule has 1 rings (SSSR count). The van der Waals surface area contributed by atoms with Gasteiger partial charge in [0, 0.05) is 18.4 Å². The van der Waals surface area contributed by atoms with Crippen molar-refractivity contribution in [2.45, 2.75) is 6.92 Å². The van der Waals surface area contributed by atoms with Gasteiger partial charge in [-0.3, -0.25) is 0 Å². The van der Waals surface area contributed by atoms with Crippen molar-refractivity contribution < 1.29 is 0 Å². The Kier molecular flexibility index (Phi) is 5.14. The van der Waals surface area contributed by atoms with Crippen LogP contribution in [0.25, 0.3) is 0 Å². The molecule has 0 N–H and O–H groups in total. The zero-order valence-electron chi connectivity index (χ0n) is 11.1. The molecule has 0 aliphatic heterocycles. The van der Waals surface area contributed by atoms with Crippen LogP contribution < -0.4 is 4.90 Å². The number of hydrogen-bond donors (Lipinski definition) is 0. The Morgan fingerprint density at radius 3 is 2.37 bits per heavy atom. The SMILES string of the molecule is C=CC(=CC=C(C#N)C#N)N(C)c1ccccc1C. The fraction of sp³-hybridized carbons (Fsp3) is 0.125. The molecule has 0 aliphatic rings. The lowest BCUT2D eigenvalue weighted by Crippen LogP contribution is -2.15. The van der Waals surface area contributed by atoms with E-state index in [0.717, 1.165) is 16.9 Å². The largest absolute Gasteiger partial charge is 0.344 e. The van der Waals surface area contributed by atoms with E-state index in [2.05, 4.69) is 6.58 Å². The molecule has 0 saturated carbocycles. The summed E-state index contributed by atoms with van der Waals surface area (Å²) < 4.78 is 0. The fourth-order valence-corrected chi connectivity index (χ4v) is 1.66. The van der Waals surface area contributed by atoms with E-state index in [-0.39, 0.29) is 5.57 Å². The number of rotatable bonds is 4. The van der Waals surface area contributed by atoms with Crippen molar-refractivity contribution in [1.29, 1.82) is 10.5 Å². The first-order valence-electron chi connectivity index (χ1n) is 5.78. The number of nitrogens with zero attached hydrogens (tertiary/aromatic N) is 3. The van der Waals surface area contributed by atoms with E-state index in [9.17, 15) is 0 Å². The van der Waals surface area contributed by atoms with Crippen molar-refractivity contribution in [2.75, 3.05) is 11.9 Å². The van der Waals surface area contributed by atoms with Crippen LogP contribution in [-0.4, -0.2) is 7.05 Å². The van der Waals surface area contributed by atoms with Gasteiger partial charge in [-0.25, -0.2) is 0 Å². The summed E-state index contributed by atoms with van der Waals surface area (Å²) in [6.45, 7) is 5.79. The fourth-order valence-electron chi connectivity index (χ4n) is 1.66. The maximum Gasteiger partial charge on any atom is 0.129 e. The summed E-state index contributed by atoms with van der Waals surface area (Å²) in [6.07, 6.45) is 4.89. The van der Waals surface area contributed by atoms with Crippen molar-refractivity contribution in [3.05, 3.63) is 65.9 Å². The minimum Gasteiger partial charge on any atom is -0.344 e. The first-order valence-corrected chi connectivity index (χ1v) is 5.78. The molecule has 3 nitrogen and oxygen atoms in total. The molecule has 0 atom stereocenters. The van der Waals surface area contributed by atoms with Crippen molar-refractivity contribution in [3.63, 3.8) is 0 Å². The molecule has 0 spiro atoms. The van der Waals surface area contributed by atoms with Crippen molar-refractivity contribution in [3.8, 4) is 12.1 Å². The highest BCUT2D eigenvalue weighted by Crippen LogP contribution is 2.22. The van der Waals surface area contributed by atoms with E-state index in [1.165, 1.54) is 6.08 Å². The molecule has 0 bridgehead atoms. The highest BCUT2D eigenvalue weighted by molar-refractivity contribution is 5.59. The number of para-hydroxylation sites is 1. The molecule has 3 heteroatoms.